The number of aldehydes is 1. The molecule has 20 heavy (non-hydrogen) atoms. The van der Waals surface area contributed by atoms with Crippen molar-refractivity contribution >= 4 is 6.29 Å². The summed E-state index contributed by atoms with van der Waals surface area (Å²) < 4.78 is 5.13. The molecule has 1 saturated heterocycles. The molecule has 1 N–H and O–H groups in total. The van der Waals surface area contributed by atoms with Crippen LogP contribution in [0, 0.1) is 12.8 Å². The van der Waals surface area contributed by atoms with E-state index in [1.807, 2.05) is 25.1 Å². The van der Waals surface area contributed by atoms with Gasteiger partial charge < -0.3 is 14.6 Å². The van der Waals surface area contributed by atoms with Gasteiger partial charge in [-0.1, -0.05) is 29.8 Å². The van der Waals surface area contributed by atoms with Gasteiger partial charge in [-0.25, -0.2) is 0 Å². The third kappa shape index (κ3) is 3.24. The van der Waals surface area contributed by atoms with Crippen molar-refractivity contribution < 1.29 is 19.5 Å². The Bertz CT molecular complexity index is 451. The Morgan fingerprint density at radius 1 is 1.50 bits per heavy atom. The van der Waals surface area contributed by atoms with Crippen LogP contribution >= 0.6 is 0 Å². The number of hydrogen-bond acceptors (Lipinski definition) is 5. The second kappa shape index (κ2) is 6.95. The largest absolute Gasteiger partial charge is 0.394 e. The molecule has 0 aromatic heterocycles. The number of aryl methyl sites for hydroxylation is 1. The first-order valence-electron chi connectivity index (χ1n) is 6.73. The lowest BCUT2D eigenvalue weighted by Gasteiger charge is -2.20. The van der Waals surface area contributed by atoms with Crippen LogP contribution in [-0.2, 0) is 20.9 Å². The van der Waals surface area contributed by atoms with Gasteiger partial charge in [0.1, 0.15) is 12.4 Å². The van der Waals surface area contributed by atoms with E-state index < -0.39 is 12.1 Å². The van der Waals surface area contributed by atoms with Crippen LogP contribution in [0.5, 0.6) is 0 Å². The Hall–Kier alpha value is -1.27. The summed E-state index contributed by atoms with van der Waals surface area (Å²) in [7, 11) is 1.58. The maximum atomic E-state index is 11.4. The summed E-state index contributed by atoms with van der Waals surface area (Å²) >= 11 is 0. The molecular weight excluding hydrogens is 258 g/mol. The molecule has 5 nitrogen and oxygen atoms in total. The summed E-state index contributed by atoms with van der Waals surface area (Å²) in [6.45, 7) is 2.80. The van der Waals surface area contributed by atoms with Gasteiger partial charge in [0.15, 0.2) is 0 Å². The Labute approximate surface area is 119 Å². The van der Waals surface area contributed by atoms with Gasteiger partial charge >= 0.3 is 0 Å². The fraction of sp³-hybridized carbons (Fsp3) is 0.533. The molecule has 1 fully saturated rings. The fourth-order valence-electron chi connectivity index (χ4n) is 2.62. The highest BCUT2D eigenvalue weighted by molar-refractivity contribution is 5.58. The van der Waals surface area contributed by atoms with Crippen molar-refractivity contribution in [1.82, 2.24) is 5.06 Å². The summed E-state index contributed by atoms with van der Waals surface area (Å²) in [4.78, 5) is 17.1. The number of nitrogens with zero attached hydrogens (tertiary/aromatic N) is 1. The van der Waals surface area contributed by atoms with Crippen molar-refractivity contribution in [2.24, 2.45) is 5.92 Å². The third-order valence-electron chi connectivity index (χ3n) is 3.62. The van der Waals surface area contributed by atoms with Crippen LogP contribution in [0.15, 0.2) is 24.3 Å². The van der Waals surface area contributed by atoms with Gasteiger partial charge in [-0.05, 0) is 12.5 Å². The monoisotopic (exact) mass is 279 g/mol. The maximum absolute atomic E-state index is 11.4. The average molecular weight is 279 g/mol. The van der Waals surface area contributed by atoms with Crippen LogP contribution in [-0.4, -0.2) is 48.9 Å². The number of carbonyl (C=O) groups is 1. The third-order valence-corrected chi connectivity index (χ3v) is 3.62. The molecule has 0 bridgehead atoms. The lowest BCUT2D eigenvalue weighted by Crippen LogP contribution is -2.36. The maximum Gasteiger partial charge on any atom is 0.140 e. The zero-order chi connectivity index (χ0) is 14.5. The summed E-state index contributed by atoms with van der Waals surface area (Å²) in [5.41, 5.74) is 2.24. The average Bonchev–Trinajstić information content (AvgIpc) is 2.76. The van der Waals surface area contributed by atoms with Crippen molar-refractivity contribution in [2.45, 2.75) is 25.6 Å². The number of ether oxygens (including phenoxy) is 1. The van der Waals surface area contributed by atoms with Gasteiger partial charge in [0.25, 0.3) is 0 Å². The van der Waals surface area contributed by atoms with Crippen LogP contribution in [0.4, 0.5) is 0 Å². The predicted molar refractivity (Wildman–Crippen MR) is 73.9 cm³/mol. The minimum absolute atomic E-state index is 0.122. The minimum atomic E-state index is -0.396. The normalized spacial score (nSPS) is 26.9. The van der Waals surface area contributed by atoms with E-state index in [1.165, 1.54) is 0 Å². The van der Waals surface area contributed by atoms with Crippen LogP contribution in [0.25, 0.3) is 0 Å². The van der Waals surface area contributed by atoms with Gasteiger partial charge in [0.05, 0.1) is 19.3 Å². The number of aliphatic hydroxyl groups is 1. The molecule has 0 radical (unpaired) electrons. The molecule has 1 aliphatic rings. The van der Waals surface area contributed by atoms with Crippen LogP contribution in [0.1, 0.15) is 11.1 Å². The van der Waals surface area contributed by atoms with Crippen LogP contribution in [0.2, 0.25) is 0 Å². The van der Waals surface area contributed by atoms with Gasteiger partial charge in [0.2, 0.25) is 0 Å². The van der Waals surface area contributed by atoms with Crippen LogP contribution in [0.3, 0.4) is 0 Å². The highest BCUT2D eigenvalue weighted by Gasteiger charge is 2.42. The molecule has 1 heterocycles. The van der Waals surface area contributed by atoms with E-state index >= 15 is 0 Å². The van der Waals surface area contributed by atoms with Crippen LogP contribution < -0.4 is 0 Å². The second-order valence-corrected chi connectivity index (χ2v) is 5.14. The number of methoxy groups -OCH3 is 1. The Balaban J connectivity index is 2.12. The molecule has 0 amide bonds. The molecule has 0 aliphatic carbocycles. The number of carbonyl (C=O) groups excluding carboxylic acids is 1. The lowest BCUT2D eigenvalue weighted by atomic mass is 9.97. The van der Waals surface area contributed by atoms with E-state index in [0.29, 0.717) is 13.2 Å². The molecule has 1 aromatic rings. The topological polar surface area (TPSA) is 59.0 Å². The first-order chi connectivity index (χ1) is 9.69. The summed E-state index contributed by atoms with van der Waals surface area (Å²) in [6, 6.07) is 7.66. The summed E-state index contributed by atoms with van der Waals surface area (Å²) in [5.74, 6) is -0.146. The van der Waals surface area contributed by atoms with Crippen molar-refractivity contribution in [3.63, 3.8) is 0 Å². The summed E-state index contributed by atoms with van der Waals surface area (Å²) in [6.07, 6.45) is 0.477. The smallest absolute Gasteiger partial charge is 0.140 e. The molecule has 0 spiro atoms. The Morgan fingerprint density at radius 2 is 2.30 bits per heavy atom. The zero-order valence-electron chi connectivity index (χ0n) is 11.9. The van der Waals surface area contributed by atoms with E-state index in [1.54, 1.807) is 12.2 Å². The molecular formula is C15H21NO4. The molecule has 0 saturated carbocycles. The minimum Gasteiger partial charge on any atom is -0.394 e. The van der Waals surface area contributed by atoms with Gasteiger partial charge in [-0.2, -0.15) is 5.06 Å². The molecule has 110 valence electrons. The highest BCUT2D eigenvalue weighted by atomic mass is 16.7. The quantitative estimate of drug-likeness (QED) is 0.785. The molecule has 2 rings (SSSR count). The van der Waals surface area contributed by atoms with Crippen molar-refractivity contribution in [3.8, 4) is 0 Å². The zero-order valence-corrected chi connectivity index (χ0v) is 11.9. The first-order valence-corrected chi connectivity index (χ1v) is 6.73. The SMILES string of the molecule is COCC1C(CO)ON(Cc2cccc(C)c2)[C@@H]1C=O. The Morgan fingerprint density at radius 3 is 2.90 bits per heavy atom. The van der Waals surface area contributed by atoms with Crippen molar-refractivity contribution in [3.05, 3.63) is 35.4 Å². The molecule has 3 atom stereocenters. The van der Waals surface area contributed by atoms with Crippen molar-refractivity contribution in [2.75, 3.05) is 20.3 Å². The Kier molecular flexibility index (Phi) is 5.25. The summed E-state index contributed by atoms with van der Waals surface area (Å²) in [5, 5.41) is 11.0. The predicted octanol–water partition coefficient (Wildman–Crippen LogP) is 0.933. The highest BCUT2D eigenvalue weighted by Crippen LogP contribution is 2.28. The molecule has 2 unspecified atom stereocenters. The number of benzene rings is 1. The van der Waals surface area contributed by atoms with Gasteiger partial charge in [-0.15, -0.1) is 0 Å². The molecule has 5 heteroatoms. The van der Waals surface area contributed by atoms with Crippen molar-refractivity contribution in [1.29, 1.82) is 0 Å². The van der Waals surface area contributed by atoms with E-state index in [4.69, 9.17) is 9.57 Å². The molecule has 1 aliphatic heterocycles. The number of hydroxylamine groups is 2. The number of rotatable bonds is 6. The second-order valence-electron chi connectivity index (χ2n) is 5.14. The first kappa shape index (κ1) is 15.1. The number of aliphatic hydroxyl groups excluding tert-OH is 1. The lowest BCUT2D eigenvalue weighted by molar-refractivity contribution is -0.177. The van der Waals surface area contributed by atoms with E-state index in [9.17, 15) is 9.90 Å². The van der Waals surface area contributed by atoms with E-state index in [-0.39, 0.29) is 12.5 Å². The van der Waals surface area contributed by atoms with Gasteiger partial charge in [-0.3, -0.25) is 4.84 Å². The van der Waals surface area contributed by atoms with E-state index in [0.717, 1.165) is 17.4 Å². The van der Waals surface area contributed by atoms with E-state index in [2.05, 4.69) is 6.07 Å². The number of hydrogen-bond donors (Lipinski definition) is 1. The molecule has 1 aromatic carbocycles. The fourth-order valence-corrected chi connectivity index (χ4v) is 2.62. The standard InChI is InChI=1S/C15H21NO4/c1-11-4-3-5-12(6-11)7-16-14(8-17)13(10-19-2)15(9-18)20-16/h3-6,8,13-15,18H,7,9-10H2,1-2H3/t13?,14-,15?/m1/s1. The van der Waals surface area contributed by atoms with Gasteiger partial charge in [0, 0.05) is 19.6 Å².